The first-order valence-corrected chi connectivity index (χ1v) is 10.5. The molecule has 0 aliphatic heterocycles. The Morgan fingerprint density at radius 1 is 1.12 bits per heavy atom. The number of rotatable bonds is 5. The summed E-state index contributed by atoms with van der Waals surface area (Å²) >= 11 is 4.35. The van der Waals surface area contributed by atoms with Crippen molar-refractivity contribution < 1.29 is 4.79 Å². The molecule has 8 heteroatoms. The van der Waals surface area contributed by atoms with Gasteiger partial charge in [-0.25, -0.2) is 4.98 Å². The number of para-hydroxylation sites is 1. The minimum Gasteiger partial charge on any atom is -0.294 e. The number of hydrogen-bond donors (Lipinski definition) is 1. The SMILES string of the molecule is Cc1cccc(CSc2nnc(NC(=O)c3nc4ccccc4s3)s2)c1. The van der Waals surface area contributed by atoms with Gasteiger partial charge in [0, 0.05) is 5.75 Å². The molecule has 5 nitrogen and oxygen atoms in total. The van der Waals surface area contributed by atoms with Crippen molar-refractivity contribution in [3.05, 3.63) is 64.7 Å². The molecule has 0 radical (unpaired) electrons. The van der Waals surface area contributed by atoms with Gasteiger partial charge in [-0.3, -0.25) is 10.1 Å². The van der Waals surface area contributed by atoms with Gasteiger partial charge in [0.15, 0.2) is 9.35 Å². The van der Waals surface area contributed by atoms with Crippen molar-refractivity contribution in [3.63, 3.8) is 0 Å². The van der Waals surface area contributed by atoms with Crippen LogP contribution in [-0.2, 0) is 5.75 Å². The van der Waals surface area contributed by atoms with E-state index in [0.717, 1.165) is 20.3 Å². The van der Waals surface area contributed by atoms with Gasteiger partial charge in [0.05, 0.1) is 10.2 Å². The number of aromatic nitrogens is 3. The average Bonchev–Trinajstić information content (AvgIpc) is 3.26. The molecule has 1 N–H and O–H groups in total. The molecule has 26 heavy (non-hydrogen) atoms. The van der Waals surface area contributed by atoms with E-state index in [1.165, 1.54) is 33.8 Å². The average molecular weight is 399 g/mol. The van der Waals surface area contributed by atoms with E-state index in [-0.39, 0.29) is 5.91 Å². The second-order valence-electron chi connectivity index (χ2n) is 5.59. The summed E-state index contributed by atoms with van der Waals surface area (Å²) in [6.45, 7) is 2.08. The van der Waals surface area contributed by atoms with Gasteiger partial charge in [-0.2, -0.15) is 0 Å². The minimum absolute atomic E-state index is 0.252. The van der Waals surface area contributed by atoms with Crippen LogP contribution >= 0.6 is 34.4 Å². The largest absolute Gasteiger partial charge is 0.294 e. The molecular weight excluding hydrogens is 384 g/mol. The highest BCUT2D eigenvalue weighted by Crippen LogP contribution is 2.29. The summed E-state index contributed by atoms with van der Waals surface area (Å²) in [4.78, 5) is 16.7. The third kappa shape index (κ3) is 3.92. The van der Waals surface area contributed by atoms with Gasteiger partial charge in [-0.1, -0.05) is 65.1 Å². The summed E-state index contributed by atoms with van der Waals surface area (Å²) in [6, 6.07) is 16.1. The fraction of sp³-hybridized carbons (Fsp3) is 0.111. The fourth-order valence-electron chi connectivity index (χ4n) is 2.39. The number of nitrogens with zero attached hydrogens (tertiary/aromatic N) is 3. The summed E-state index contributed by atoms with van der Waals surface area (Å²) in [6.07, 6.45) is 0. The van der Waals surface area contributed by atoms with Crippen LogP contribution in [0.2, 0.25) is 0 Å². The normalized spacial score (nSPS) is 11.0. The Kier molecular flexibility index (Phi) is 4.96. The lowest BCUT2D eigenvalue weighted by atomic mass is 10.2. The molecule has 2 aromatic carbocycles. The molecule has 0 aliphatic carbocycles. The summed E-state index contributed by atoms with van der Waals surface area (Å²) in [5, 5.41) is 11.9. The number of thiazole rings is 1. The molecule has 0 spiro atoms. The van der Waals surface area contributed by atoms with Crippen molar-refractivity contribution >= 4 is 55.7 Å². The van der Waals surface area contributed by atoms with E-state index in [4.69, 9.17) is 0 Å². The molecule has 1 amide bonds. The summed E-state index contributed by atoms with van der Waals surface area (Å²) < 4.78 is 1.82. The summed E-state index contributed by atoms with van der Waals surface area (Å²) in [5.41, 5.74) is 3.31. The van der Waals surface area contributed by atoms with E-state index in [0.29, 0.717) is 10.1 Å². The first-order valence-electron chi connectivity index (χ1n) is 7.86. The van der Waals surface area contributed by atoms with Crippen LogP contribution < -0.4 is 5.32 Å². The Morgan fingerprint density at radius 2 is 2.00 bits per heavy atom. The summed E-state index contributed by atoms with van der Waals surface area (Å²) in [7, 11) is 0. The van der Waals surface area contributed by atoms with Gasteiger partial charge in [0.2, 0.25) is 5.13 Å². The van der Waals surface area contributed by atoms with Crippen molar-refractivity contribution in [3.8, 4) is 0 Å². The van der Waals surface area contributed by atoms with Gasteiger partial charge >= 0.3 is 0 Å². The van der Waals surface area contributed by atoms with Crippen LogP contribution in [0.25, 0.3) is 10.2 Å². The van der Waals surface area contributed by atoms with Crippen LogP contribution in [0.1, 0.15) is 20.9 Å². The van der Waals surface area contributed by atoms with Crippen LogP contribution in [0.4, 0.5) is 5.13 Å². The number of carbonyl (C=O) groups excluding carboxylic acids is 1. The molecule has 0 fully saturated rings. The molecule has 0 bridgehead atoms. The van der Waals surface area contributed by atoms with Gasteiger partial charge < -0.3 is 0 Å². The van der Waals surface area contributed by atoms with Crippen molar-refractivity contribution in [2.75, 3.05) is 5.32 Å². The van der Waals surface area contributed by atoms with E-state index < -0.39 is 0 Å². The number of hydrogen-bond acceptors (Lipinski definition) is 7. The van der Waals surface area contributed by atoms with Crippen molar-refractivity contribution in [1.82, 2.24) is 15.2 Å². The van der Waals surface area contributed by atoms with Crippen molar-refractivity contribution in [2.24, 2.45) is 0 Å². The quantitative estimate of drug-likeness (QED) is 0.378. The fourth-order valence-corrected chi connectivity index (χ4v) is 4.94. The van der Waals surface area contributed by atoms with Gasteiger partial charge in [-0.15, -0.1) is 21.5 Å². The number of nitrogens with one attached hydrogen (secondary N) is 1. The monoisotopic (exact) mass is 398 g/mol. The lowest BCUT2D eigenvalue weighted by Gasteiger charge is -1.99. The molecule has 2 aromatic heterocycles. The Hall–Kier alpha value is -2.29. The smallest absolute Gasteiger partial charge is 0.286 e. The maximum Gasteiger partial charge on any atom is 0.286 e. The van der Waals surface area contributed by atoms with E-state index in [9.17, 15) is 4.79 Å². The van der Waals surface area contributed by atoms with Crippen molar-refractivity contribution in [2.45, 2.75) is 17.0 Å². The standard InChI is InChI=1S/C18H14N4OS3/c1-11-5-4-6-12(9-11)10-24-18-22-21-17(26-18)20-15(23)16-19-13-7-2-3-8-14(13)25-16/h2-9H,10H2,1H3,(H,20,21,23). The minimum atomic E-state index is -0.252. The van der Waals surface area contributed by atoms with Crippen LogP contribution in [0.5, 0.6) is 0 Å². The van der Waals surface area contributed by atoms with Crippen LogP contribution in [0.3, 0.4) is 0 Å². The zero-order valence-electron chi connectivity index (χ0n) is 13.8. The zero-order chi connectivity index (χ0) is 17.9. The Bertz CT molecular complexity index is 1040. The molecule has 0 atom stereocenters. The number of benzene rings is 2. The lowest BCUT2D eigenvalue weighted by molar-refractivity contribution is 0.102. The third-order valence-electron chi connectivity index (χ3n) is 3.56. The third-order valence-corrected chi connectivity index (χ3v) is 6.64. The molecule has 0 saturated heterocycles. The molecular formula is C18H14N4OS3. The maximum atomic E-state index is 12.4. The highest BCUT2D eigenvalue weighted by Gasteiger charge is 2.15. The predicted octanol–water partition coefficient (Wildman–Crippen LogP) is 5.00. The maximum absolute atomic E-state index is 12.4. The van der Waals surface area contributed by atoms with Crippen LogP contribution in [0, 0.1) is 6.92 Å². The molecule has 4 aromatic rings. The van der Waals surface area contributed by atoms with Crippen LogP contribution in [0.15, 0.2) is 52.9 Å². The highest BCUT2D eigenvalue weighted by atomic mass is 32.2. The zero-order valence-corrected chi connectivity index (χ0v) is 16.3. The van der Waals surface area contributed by atoms with E-state index >= 15 is 0 Å². The Balaban J connectivity index is 1.40. The van der Waals surface area contributed by atoms with E-state index in [1.807, 2.05) is 24.3 Å². The van der Waals surface area contributed by atoms with Gasteiger partial charge in [0.25, 0.3) is 5.91 Å². The first-order chi connectivity index (χ1) is 12.7. The highest BCUT2D eigenvalue weighted by molar-refractivity contribution is 8.00. The topological polar surface area (TPSA) is 67.8 Å². The van der Waals surface area contributed by atoms with Gasteiger partial charge in [-0.05, 0) is 24.6 Å². The molecule has 0 aliphatic rings. The van der Waals surface area contributed by atoms with Gasteiger partial charge in [0.1, 0.15) is 0 Å². The number of carbonyl (C=O) groups is 1. The predicted molar refractivity (Wildman–Crippen MR) is 108 cm³/mol. The number of anilines is 1. The molecule has 0 saturated carbocycles. The number of fused-ring (bicyclic) bond motifs is 1. The van der Waals surface area contributed by atoms with E-state index in [2.05, 4.69) is 51.7 Å². The second-order valence-corrected chi connectivity index (χ2v) is 8.82. The summed E-state index contributed by atoms with van der Waals surface area (Å²) in [5.74, 6) is 0.569. The molecule has 130 valence electrons. The number of aryl methyl sites for hydroxylation is 1. The molecule has 4 rings (SSSR count). The Labute approximate surface area is 162 Å². The van der Waals surface area contributed by atoms with E-state index in [1.54, 1.807) is 11.8 Å². The van der Waals surface area contributed by atoms with Crippen molar-refractivity contribution in [1.29, 1.82) is 0 Å². The first kappa shape index (κ1) is 17.1. The number of amides is 1. The van der Waals surface area contributed by atoms with Crippen LogP contribution in [-0.4, -0.2) is 21.1 Å². The lowest BCUT2D eigenvalue weighted by Crippen LogP contribution is -2.11. The molecule has 0 unspecified atom stereocenters. The Morgan fingerprint density at radius 3 is 2.85 bits per heavy atom. The second kappa shape index (κ2) is 7.53. The molecule has 2 heterocycles. The number of thioether (sulfide) groups is 1.